The molecule has 0 unspecified atom stereocenters. The number of aryl methyl sites for hydroxylation is 3. The molecule has 5 rings (SSSR count). The van der Waals surface area contributed by atoms with Gasteiger partial charge in [0.2, 0.25) is 0 Å². The van der Waals surface area contributed by atoms with Gasteiger partial charge in [-0.25, -0.2) is 9.97 Å². The first-order chi connectivity index (χ1) is 19.9. The Balaban J connectivity index is 1.23. The van der Waals surface area contributed by atoms with Crippen molar-refractivity contribution in [3.8, 4) is 11.1 Å². The molecule has 41 heavy (non-hydrogen) atoms. The lowest BCUT2D eigenvalue weighted by molar-refractivity contribution is 0.0996. The molecule has 214 valence electrons. The summed E-state index contributed by atoms with van der Waals surface area (Å²) in [5, 5.41) is 10.6. The van der Waals surface area contributed by atoms with Crippen LogP contribution in [0.1, 0.15) is 35.1 Å². The van der Waals surface area contributed by atoms with E-state index in [0.717, 1.165) is 17.7 Å². The zero-order valence-electron chi connectivity index (χ0n) is 24.1. The molecular weight excluding hydrogens is 514 g/mol. The summed E-state index contributed by atoms with van der Waals surface area (Å²) in [5.74, 6) is 0.207. The van der Waals surface area contributed by atoms with E-state index in [4.69, 9.17) is 5.73 Å². The van der Waals surface area contributed by atoms with Crippen LogP contribution in [-0.4, -0.2) is 75.2 Å². The number of likely N-dealkylation sites (N-methyl/N-ethyl adjacent to an activating group) is 1. The number of carbonyl (C=O) groups excluding carboxylic acids is 1. The van der Waals surface area contributed by atoms with E-state index < -0.39 is 5.91 Å². The number of benzene rings is 2. The summed E-state index contributed by atoms with van der Waals surface area (Å²) in [4.78, 5) is 26.3. The van der Waals surface area contributed by atoms with Crippen LogP contribution in [0, 0.1) is 0 Å². The zero-order valence-corrected chi connectivity index (χ0v) is 24.1. The maximum Gasteiger partial charge on any atom is 0.271 e. The fraction of sp³-hybridized carbons (Fsp3) is 0.355. The molecule has 10 nitrogen and oxygen atoms in total. The number of nitrogens with two attached hydrogens (primary N) is 1. The van der Waals surface area contributed by atoms with Crippen LogP contribution in [0.2, 0.25) is 0 Å². The van der Waals surface area contributed by atoms with Gasteiger partial charge in [-0.2, -0.15) is 5.10 Å². The lowest BCUT2D eigenvalue weighted by atomic mass is 10.0. The fourth-order valence-electron chi connectivity index (χ4n) is 5.02. The van der Waals surface area contributed by atoms with Gasteiger partial charge in [0.1, 0.15) is 0 Å². The largest absolute Gasteiger partial charge is 0.364 e. The monoisotopic (exact) mass is 553 g/mol. The Morgan fingerprint density at radius 1 is 0.878 bits per heavy atom. The van der Waals surface area contributed by atoms with Crippen molar-refractivity contribution >= 4 is 28.9 Å². The predicted octanol–water partition coefficient (Wildman–Crippen LogP) is 4.21. The van der Waals surface area contributed by atoms with E-state index in [-0.39, 0.29) is 11.5 Å². The smallest absolute Gasteiger partial charge is 0.271 e. The number of amides is 1. The summed E-state index contributed by atoms with van der Waals surface area (Å²) >= 11 is 0. The summed E-state index contributed by atoms with van der Waals surface area (Å²) in [7, 11) is 4.01. The summed E-state index contributed by atoms with van der Waals surface area (Å²) in [5.41, 5.74) is 11.6. The number of rotatable bonds is 11. The molecule has 1 fully saturated rings. The highest BCUT2D eigenvalue weighted by atomic mass is 16.1. The maximum absolute atomic E-state index is 12.1. The van der Waals surface area contributed by atoms with E-state index in [1.54, 1.807) is 17.1 Å². The van der Waals surface area contributed by atoms with Crippen LogP contribution in [0.3, 0.4) is 0 Å². The van der Waals surface area contributed by atoms with E-state index in [0.29, 0.717) is 23.6 Å². The van der Waals surface area contributed by atoms with Gasteiger partial charge in [-0.05, 0) is 61.7 Å². The van der Waals surface area contributed by atoms with Crippen LogP contribution in [0.15, 0.2) is 60.9 Å². The molecule has 0 radical (unpaired) electrons. The van der Waals surface area contributed by atoms with Gasteiger partial charge in [-0.3, -0.25) is 9.48 Å². The molecule has 1 amide bonds. The van der Waals surface area contributed by atoms with Gasteiger partial charge in [0.25, 0.3) is 5.91 Å². The van der Waals surface area contributed by atoms with Gasteiger partial charge < -0.3 is 26.2 Å². The van der Waals surface area contributed by atoms with E-state index in [1.165, 1.54) is 50.3 Å². The Morgan fingerprint density at radius 2 is 1.54 bits per heavy atom. The molecule has 4 aromatic rings. The number of piperazine rings is 1. The molecule has 0 spiro atoms. The molecule has 0 aliphatic carbocycles. The lowest BCUT2D eigenvalue weighted by Gasteiger charge is -2.32. The molecular formula is C31H39N9O. The highest BCUT2D eigenvalue weighted by molar-refractivity contribution is 5.96. The van der Waals surface area contributed by atoms with Gasteiger partial charge in [0, 0.05) is 45.1 Å². The average molecular weight is 554 g/mol. The molecule has 2 aromatic heterocycles. The minimum atomic E-state index is -0.643. The second-order valence-electron chi connectivity index (χ2n) is 10.6. The van der Waals surface area contributed by atoms with Crippen molar-refractivity contribution in [1.29, 1.82) is 0 Å². The Kier molecular flexibility index (Phi) is 8.91. The number of aromatic nitrogens is 4. The molecule has 0 saturated carbocycles. The third-order valence-electron chi connectivity index (χ3n) is 7.47. The van der Waals surface area contributed by atoms with Crippen LogP contribution < -0.4 is 16.4 Å². The average Bonchev–Trinajstić information content (AvgIpc) is 3.39. The van der Waals surface area contributed by atoms with E-state index in [9.17, 15) is 4.79 Å². The molecule has 3 heterocycles. The molecule has 1 saturated heterocycles. The van der Waals surface area contributed by atoms with Gasteiger partial charge in [0.15, 0.2) is 17.3 Å². The molecule has 2 aromatic carbocycles. The summed E-state index contributed by atoms with van der Waals surface area (Å²) in [6, 6.07) is 17.1. The Labute approximate surface area is 241 Å². The Hall–Kier alpha value is -4.28. The first kappa shape index (κ1) is 28.3. The van der Waals surface area contributed by atoms with Crippen molar-refractivity contribution in [3.05, 3.63) is 77.9 Å². The van der Waals surface area contributed by atoms with Crippen LogP contribution in [0.4, 0.5) is 23.0 Å². The molecule has 0 bridgehead atoms. The highest BCUT2D eigenvalue weighted by Crippen LogP contribution is 2.27. The van der Waals surface area contributed by atoms with Gasteiger partial charge in [0.05, 0.1) is 17.6 Å². The first-order valence-corrected chi connectivity index (χ1v) is 14.2. The van der Waals surface area contributed by atoms with E-state index >= 15 is 0 Å². The van der Waals surface area contributed by atoms with Gasteiger partial charge in [-0.1, -0.05) is 43.3 Å². The molecule has 0 atom stereocenters. The van der Waals surface area contributed by atoms with Crippen molar-refractivity contribution in [3.63, 3.8) is 0 Å². The zero-order chi connectivity index (χ0) is 28.8. The SMILES string of the molecule is CCc1nc(C(N)=O)c(Nc2cnn(C)c2)nc1Nc1ccc(-c2ccc(CCCN3CCN(C)CC3)cc2)cc1. The standard InChI is InChI=1S/C31H39N9O/c1-4-27-30(37-31(28(36-27)29(32)41)35-26-20-33-39(3)21-26)34-25-13-11-24(12-14-25)23-9-7-22(8-10-23)6-5-15-40-18-16-38(2)17-19-40/h7-14,20-21H,4-6,15-19H2,1-3H3,(H2,32,41)(H2,34,35,37). The predicted molar refractivity (Wildman–Crippen MR) is 164 cm³/mol. The summed E-state index contributed by atoms with van der Waals surface area (Å²) in [6.07, 6.45) is 6.30. The van der Waals surface area contributed by atoms with Crippen LogP contribution in [-0.2, 0) is 19.9 Å². The first-order valence-electron chi connectivity index (χ1n) is 14.2. The summed E-state index contributed by atoms with van der Waals surface area (Å²) < 4.78 is 1.66. The number of carbonyl (C=O) groups is 1. The molecule has 10 heteroatoms. The molecule has 1 aliphatic heterocycles. The second kappa shape index (κ2) is 12.9. The minimum Gasteiger partial charge on any atom is -0.364 e. The van der Waals surface area contributed by atoms with Crippen LogP contribution >= 0.6 is 0 Å². The number of hydrogen-bond acceptors (Lipinski definition) is 8. The number of nitrogens with zero attached hydrogens (tertiary/aromatic N) is 6. The molecule has 4 N–H and O–H groups in total. The minimum absolute atomic E-state index is 0.0920. The van der Waals surface area contributed by atoms with E-state index in [1.807, 2.05) is 26.1 Å². The number of nitrogens with one attached hydrogen (secondary N) is 2. The third-order valence-corrected chi connectivity index (χ3v) is 7.47. The summed E-state index contributed by atoms with van der Waals surface area (Å²) in [6.45, 7) is 7.82. The maximum atomic E-state index is 12.1. The number of anilines is 4. The van der Waals surface area contributed by atoms with Crippen molar-refractivity contribution in [1.82, 2.24) is 29.5 Å². The Bertz CT molecular complexity index is 1460. The van der Waals surface area contributed by atoms with Crippen molar-refractivity contribution < 1.29 is 4.79 Å². The normalized spacial score (nSPS) is 14.2. The Morgan fingerprint density at radius 3 is 2.15 bits per heavy atom. The van der Waals surface area contributed by atoms with E-state index in [2.05, 4.69) is 78.9 Å². The van der Waals surface area contributed by atoms with Crippen LogP contribution in [0.25, 0.3) is 11.1 Å². The second-order valence-corrected chi connectivity index (χ2v) is 10.6. The van der Waals surface area contributed by atoms with Crippen molar-refractivity contribution in [2.45, 2.75) is 26.2 Å². The fourth-order valence-corrected chi connectivity index (χ4v) is 5.02. The highest BCUT2D eigenvalue weighted by Gasteiger charge is 2.18. The van der Waals surface area contributed by atoms with Crippen LogP contribution in [0.5, 0.6) is 0 Å². The van der Waals surface area contributed by atoms with Crippen molar-refractivity contribution in [2.24, 2.45) is 12.8 Å². The number of primary amides is 1. The molecule has 1 aliphatic rings. The topological polar surface area (TPSA) is 117 Å². The van der Waals surface area contributed by atoms with Gasteiger partial charge >= 0.3 is 0 Å². The third kappa shape index (κ3) is 7.27. The number of hydrogen-bond donors (Lipinski definition) is 3. The van der Waals surface area contributed by atoms with Gasteiger partial charge in [-0.15, -0.1) is 0 Å². The lowest BCUT2D eigenvalue weighted by Crippen LogP contribution is -2.44. The van der Waals surface area contributed by atoms with Crippen molar-refractivity contribution in [2.75, 3.05) is 50.4 Å². The quantitative estimate of drug-likeness (QED) is 0.253.